The number of carboxylic acid groups (broad SMARTS) is 1. The van der Waals surface area contributed by atoms with Gasteiger partial charge in [0, 0.05) is 26.6 Å². The second-order valence-electron chi connectivity index (χ2n) is 5.09. The van der Waals surface area contributed by atoms with Gasteiger partial charge in [-0.25, -0.2) is 9.78 Å². The van der Waals surface area contributed by atoms with Crippen LogP contribution in [0.1, 0.15) is 25.9 Å². The highest BCUT2D eigenvalue weighted by atomic mass is 32.1. The molecule has 1 aromatic heterocycles. The number of benzene rings is 1. The number of nitrogens with zero attached hydrogens (tertiary/aromatic N) is 2. The Kier molecular flexibility index (Phi) is 6.06. The first-order chi connectivity index (χ1) is 10.6. The van der Waals surface area contributed by atoms with Crippen LogP contribution < -0.4 is 0 Å². The minimum absolute atomic E-state index is 0.234. The maximum absolute atomic E-state index is 11.2. The monoisotopic (exact) mass is 320 g/mol. The van der Waals surface area contributed by atoms with Crippen molar-refractivity contribution in [1.29, 1.82) is 0 Å². The average molecular weight is 320 g/mol. The van der Waals surface area contributed by atoms with Crippen LogP contribution in [0.5, 0.6) is 0 Å². The van der Waals surface area contributed by atoms with E-state index in [-0.39, 0.29) is 11.5 Å². The van der Waals surface area contributed by atoms with Crippen molar-refractivity contribution in [2.75, 3.05) is 20.7 Å². The molecule has 0 aliphatic carbocycles. The second-order valence-corrected chi connectivity index (χ2v) is 6.18. The quantitative estimate of drug-likeness (QED) is 0.810. The molecule has 5 nitrogen and oxygen atoms in total. The van der Waals surface area contributed by atoms with Crippen molar-refractivity contribution in [2.24, 2.45) is 0 Å². The smallest absolute Gasteiger partial charge is 0.347 e. The zero-order valence-corrected chi connectivity index (χ0v) is 13.6. The molecule has 0 bridgehead atoms. The molecule has 0 saturated heterocycles. The van der Waals surface area contributed by atoms with Crippen LogP contribution in [0, 0.1) is 0 Å². The fourth-order valence-electron chi connectivity index (χ4n) is 2.17. The van der Waals surface area contributed by atoms with Gasteiger partial charge in [-0.2, -0.15) is 0 Å². The van der Waals surface area contributed by atoms with Crippen LogP contribution in [0.2, 0.25) is 0 Å². The van der Waals surface area contributed by atoms with Gasteiger partial charge in [0.2, 0.25) is 0 Å². The average Bonchev–Trinajstić information content (AvgIpc) is 2.90. The summed E-state index contributed by atoms with van der Waals surface area (Å²) in [6, 6.07) is 10.3. The van der Waals surface area contributed by atoms with Gasteiger partial charge in [-0.3, -0.25) is 0 Å². The Morgan fingerprint density at radius 1 is 1.36 bits per heavy atom. The van der Waals surface area contributed by atoms with Crippen LogP contribution in [0.25, 0.3) is 0 Å². The number of aromatic nitrogens is 1. The lowest BCUT2D eigenvalue weighted by molar-refractivity contribution is 0.0697. The molecule has 22 heavy (non-hydrogen) atoms. The van der Waals surface area contributed by atoms with E-state index in [9.17, 15) is 9.90 Å². The first kappa shape index (κ1) is 16.6. The SMILES string of the molecule is COCc1nc(CCN(C)Cc2ccccc2)sc1C(=O)O. The van der Waals surface area contributed by atoms with Gasteiger partial charge in [0.05, 0.1) is 17.3 Å². The standard InChI is InChI=1S/C16H20N2O3S/c1-18(10-12-6-4-3-5-7-12)9-8-14-17-13(11-21-2)15(22-14)16(19)20/h3-7H,8-11H2,1-2H3,(H,19,20). The van der Waals surface area contributed by atoms with E-state index < -0.39 is 5.97 Å². The van der Waals surface area contributed by atoms with Crippen LogP contribution in [-0.2, 0) is 24.3 Å². The lowest BCUT2D eigenvalue weighted by atomic mass is 10.2. The van der Waals surface area contributed by atoms with Crippen molar-refractivity contribution >= 4 is 17.3 Å². The summed E-state index contributed by atoms with van der Waals surface area (Å²) in [5.41, 5.74) is 1.77. The van der Waals surface area contributed by atoms with Crippen molar-refractivity contribution in [2.45, 2.75) is 19.6 Å². The van der Waals surface area contributed by atoms with Crippen LogP contribution in [0.3, 0.4) is 0 Å². The Morgan fingerprint density at radius 2 is 2.09 bits per heavy atom. The molecule has 1 N–H and O–H groups in total. The molecule has 2 aromatic rings. The van der Waals surface area contributed by atoms with E-state index in [0.29, 0.717) is 5.69 Å². The first-order valence-electron chi connectivity index (χ1n) is 7.03. The molecule has 0 saturated carbocycles. The molecule has 1 aromatic carbocycles. The van der Waals surface area contributed by atoms with Crippen molar-refractivity contribution in [1.82, 2.24) is 9.88 Å². The lowest BCUT2D eigenvalue weighted by Gasteiger charge is -2.15. The third-order valence-corrected chi connectivity index (χ3v) is 4.37. The molecular formula is C16H20N2O3S. The van der Waals surface area contributed by atoms with E-state index in [2.05, 4.69) is 29.1 Å². The van der Waals surface area contributed by atoms with E-state index in [0.717, 1.165) is 24.5 Å². The first-order valence-corrected chi connectivity index (χ1v) is 7.85. The molecular weight excluding hydrogens is 300 g/mol. The number of hydrogen-bond acceptors (Lipinski definition) is 5. The highest BCUT2D eigenvalue weighted by Gasteiger charge is 2.17. The van der Waals surface area contributed by atoms with Crippen LogP contribution in [0.15, 0.2) is 30.3 Å². The number of likely N-dealkylation sites (N-methyl/N-ethyl adjacent to an activating group) is 1. The molecule has 0 spiro atoms. The molecule has 0 radical (unpaired) electrons. The predicted octanol–water partition coefficient (Wildman–Crippen LogP) is 2.66. The molecule has 0 unspecified atom stereocenters. The van der Waals surface area contributed by atoms with Gasteiger partial charge >= 0.3 is 5.97 Å². The highest BCUT2D eigenvalue weighted by molar-refractivity contribution is 7.13. The molecule has 0 atom stereocenters. The molecule has 0 fully saturated rings. The van der Waals surface area contributed by atoms with Crippen molar-refractivity contribution in [3.05, 3.63) is 51.5 Å². The number of carbonyl (C=O) groups is 1. The molecule has 0 aliphatic heterocycles. The third-order valence-electron chi connectivity index (χ3n) is 3.22. The Hall–Kier alpha value is -1.76. The third kappa shape index (κ3) is 4.62. The number of hydrogen-bond donors (Lipinski definition) is 1. The largest absolute Gasteiger partial charge is 0.477 e. The number of carboxylic acids is 1. The van der Waals surface area contributed by atoms with Gasteiger partial charge in [0.15, 0.2) is 0 Å². The summed E-state index contributed by atoms with van der Waals surface area (Å²) < 4.78 is 5.01. The van der Waals surface area contributed by atoms with E-state index in [1.165, 1.54) is 24.0 Å². The second kappa shape index (κ2) is 8.03. The van der Waals surface area contributed by atoms with Gasteiger partial charge in [0.1, 0.15) is 4.88 Å². The number of rotatable bonds is 8. The van der Waals surface area contributed by atoms with Gasteiger partial charge in [-0.05, 0) is 12.6 Å². The van der Waals surface area contributed by atoms with Gasteiger partial charge in [0.25, 0.3) is 0 Å². The minimum Gasteiger partial charge on any atom is -0.477 e. The van der Waals surface area contributed by atoms with Crippen LogP contribution in [-0.4, -0.2) is 41.7 Å². The zero-order valence-electron chi connectivity index (χ0n) is 12.8. The molecule has 0 aliphatic rings. The number of aromatic carboxylic acids is 1. The summed E-state index contributed by atoms with van der Waals surface area (Å²) in [4.78, 5) is 18.1. The van der Waals surface area contributed by atoms with E-state index in [1.54, 1.807) is 0 Å². The Bertz CT molecular complexity index is 613. The minimum atomic E-state index is -0.937. The van der Waals surface area contributed by atoms with Gasteiger partial charge in [-0.1, -0.05) is 30.3 Å². The molecule has 6 heteroatoms. The molecule has 0 amide bonds. The zero-order chi connectivity index (χ0) is 15.9. The number of thiazole rings is 1. The molecule has 2 rings (SSSR count). The maximum atomic E-state index is 11.2. The molecule has 118 valence electrons. The summed E-state index contributed by atoms with van der Waals surface area (Å²) in [7, 11) is 3.59. The van der Waals surface area contributed by atoms with Crippen molar-refractivity contribution in [3.8, 4) is 0 Å². The fraction of sp³-hybridized carbons (Fsp3) is 0.375. The molecule has 1 heterocycles. The summed E-state index contributed by atoms with van der Waals surface area (Å²) in [5.74, 6) is -0.937. The maximum Gasteiger partial charge on any atom is 0.347 e. The summed E-state index contributed by atoms with van der Waals surface area (Å²) >= 11 is 1.24. The summed E-state index contributed by atoms with van der Waals surface area (Å²) in [5, 5.41) is 10.0. The van der Waals surface area contributed by atoms with E-state index >= 15 is 0 Å². The summed E-state index contributed by atoms with van der Waals surface area (Å²) in [6.45, 7) is 1.93. The van der Waals surface area contributed by atoms with E-state index in [4.69, 9.17) is 4.74 Å². The summed E-state index contributed by atoms with van der Waals surface area (Å²) in [6.07, 6.45) is 0.734. The fourth-order valence-corrected chi connectivity index (χ4v) is 3.06. The van der Waals surface area contributed by atoms with Crippen LogP contribution >= 0.6 is 11.3 Å². The topological polar surface area (TPSA) is 62.7 Å². The van der Waals surface area contributed by atoms with Crippen LogP contribution in [0.4, 0.5) is 0 Å². The van der Waals surface area contributed by atoms with Gasteiger partial charge < -0.3 is 14.7 Å². The lowest BCUT2D eigenvalue weighted by Crippen LogP contribution is -2.20. The van der Waals surface area contributed by atoms with Gasteiger partial charge in [-0.15, -0.1) is 11.3 Å². The highest BCUT2D eigenvalue weighted by Crippen LogP contribution is 2.20. The van der Waals surface area contributed by atoms with E-state index in [1.807, 2.05) is 18.2 Å². The Labute approximate surface area is 134 Å². The Balaban J connectivity index is 1.93. The predicted molar refractivity (Wildman–Crippen MR) is 86.3 cm³/mol. The van der Waals surface area contributed by atoms with Crippen molar-refractivity contribution < 1.29 is 14.6 Å². The number of methoxy groups -OCH3 is 1. The normalized spacial score (nSPS) is 11.0. The Morgan fingerprint density at radius 3 is 2.73 bits per heavy atom. The van der Waals surface area contributed by atoms with Crippen molar-refractivity contribution in [3.63, 3.8) is 0 Å². The number of ether oxygens (including phenoxy) is 1.